The molecule has 0 N–H and O–H groups in total. The van der Waals surface area contributed by atoms with Crippen LogP contribution in [0.4, 0.5) is 0 Å². The van der Waals surface area contributed by atoms with Gasteiger partial charge in [-0.3, -0.25) is 0 Å². The van der Waals surface area contributed by atoms with Gasteiger partial charge in [-0.05, 0) is 73.9 Å². The van der Waals surface area contributed by atoms with Gasteiger partial charge in [-0.1, -0.05) is 84.9 Å². The number of fused-ring (bicyclic) bond motifs is 7. The average molecular weight is 446 g/mol. The van der Waals surface area contributed by atoms with Crippen LogP contribution >= 0.6 is 0 Å². The molecule has 35 heavy (non-hydrogen) atoms. The number of hydrogen-bond donors (Lipinski definition) is 0. The van der Waals surface area contributed by atoms with E-state index in [4.69, 9.17) is 9.47 Å². The Balaban J connectivity index is 1.43. The van der Waals surface area contributed by atoms with Gasteiger partial charge in [0.25, 0.3) is 6.71 Å². The maximum atomic E-state index is 6.52. The van der Waals surface area contributed by atoms with E-state index in [0.717, 1.165) is 34.0 Å². The van der Waals surface area contributed by atoms with Gasteiger partial charge in [-0.25, -0.2) is 0 Å². The fourth-order valence-corrected chi connectivity index (χ4v) is 5.84. The molecule has 6 aromatic carbocycles. The molecule has 0 bridgehead atoms. The Labute approximate surface area is 203 Å². The summed E-state index contributed by atoms with van der Waals surface area (Å²) in [5, 5.41) is 4.97. The average Bonchev–Trinajstić information content (AvgIpc) is 2.92. The Morgan fingerprint density at radius 2 is 1.00 bits per heavy atom. The molecular formula is C32H19BO2. The van der Waals surface area contributed by atoms with Crippen molar-refractivity contribution >= 4 is 44.6 Å². The van der Waals surface area contributed by atoms with Gasteiger partial charge in [0.05, 0.1) is 0 Å². The van der Waals surface area contributed by atoms with Crippen molar-refractivity contribution in [1.82, 2.24) is 0 Å². The van der Waals surface area contributed by atoms with Crippen molar-refractivity contribution in [2.45, 2.75) is 0 Å². The van der Waals surface area contributed by atoms with Crippen LogP contribution in [-0.2, 0) is 0 Å². The Kier molecular flexibility index (Phi) is 3.78. The van der Waals surface area contributed by atoms with Gasteiger partial charge in [0.1, 0.15) is 23.0 Å². The molecule has 0 fully saturated rings. The van der Waals surface area contributed by atoms with Gasteiger partial charge < -0.3 is 9.47 Å². The molecule has 0 aliphatic carbocycles. The van der Waals surface area contributed by atoms with Crippen molar-refractivity contribution in [3.63, 3.8) is 0 Å². The largest absolute Gasteiger partial charge is 0.458 e. The molecule has 0 amide bonds. The molecule has 0 saturated heterocycles. The SMILES string of the molecule is c1ccc2c(c1)Oc1cc(-c3cc4ccccc4c4ccccc34)cc3c1B2c1ccccc1O3. The van der Waals surface area contributed by atoms with E-state index < -0.39 is 0 Å². The van der Waals surface area contributed by atoms with Crippen molar-refractivity contribution in [3.8, 4) is 34.1 Å². The first-order chi connectivity index (χ1) is 17.3. The fourth-order valence-electron chi connectivity index (χ4n) is 5.84. The van der Waals surface area contributed by atoms with E-state index in [1.165, 1.54) is 38.0 Å². The van der Waals surface area contributed by atoms with Crippen LogP contribution in [0.5, 0.6) is 23.0 Å². The third-order valence-corrected chi connectivity index (χ3v) is 7.37. The Hall–Kier alpha value is -4.50. The molecule has 6 aromatic rings. The quantitative estimate of drug-likeness (QED) is 0.215. The predicted molar refractivity (Wildman–Crippen MR) is 145 cm³/mol. The van der Waals surface area contributed by atoms with Gasteiger partial charge in [-0.2, -0.15) is 0 Å². The molecule has 162 valence electrons. The maximum absolute atomic E-state index is 6.52. The second kappa shape index (κ2) is 7.00. The third kappa shape index (κ3) is 2.67. The summed E-state index contributed by atoms with van der Waals surface area (Å²) in [4.78, 5) is 0. The third-order valence-electron chi connectivity index (χ3n) is 7.37. The summed E-state index contributed by atoms with van der Waals surface area (Å²) in [5.74, 6) is 3.56. The summed E-state index contributed by atoms with van der Waals surface area (Å²) in [6.45, 7) is 0.0947. The van der Waals surface area contributed by atoms with Gasteiger partial charge in [0.2, 0.25) is 0 Å². The predicted octanol–water partition coefficient (Wildman–Crippen LogP) is 6.39. The van der Waals surface area contributed by atoms with Crippen LogP contribution in [0.15, 0.2) is 115 Å². The fraction of sp³-hybridized carbons (Fsp3) is 0. The molecule has 0 saturated carbocycles. The molecule has 2 heterocycles. The first kappa shape index (κ1) is 18.9. The summed E-state index contributed by atoms with van der Waals surface area (Å²) in [6, 6.07) is 40.6. The number of hydrogen-bond acceptors (Lipinski definition) is 2. The van der Waals surface area contributed by atoms with E-state index in [2.05, 4.69) is 103 Å². The molecule has 2 aliphatic rings. The van der Waals surface area contributed by atoms with E-state index >= 15 is 0 Å². The minimum atomic E-state index is 0.0947. The molecule has 2 nitrogen and oxygen atoms in total. The molecule has 8 rings (SSSR count). The normalized spacial score (nSPS) is 13.0. The molecule has 0 aromatic heterocycles. The van der Waals surface area contributed by atoms with Crippen LogP contribution in [0.3, 0.4) is 0 Å². The summed E-state index contributed by atoms with van der Waals surface area (Å²) in [7, 11) is 0. The summed E-state index contributed by atoms with van der Waals surface area (Å²) in [5.41, 5.74) is 5.75. The minimum absolute atomic E-state index is 0.0947. The minimum Gasteiger partial charge on any atom is -0.458 e. The van der Waals surface area contributed by atoms with Crippen LogP contribution in [0.25, 0.3) is 32.7 Å². The number of para-hydroxylation sites is 2. The van der Waals surface area contributed by atoms with Crippen LogP contribution in [-0.4, -0.2) is 6.71 Å². The summed E-state index contributed by atoms with van der Waals surface area (Å²) in [6.07, 6.45) is 0. The molecule has 2 aliphatic heterocycles. The Bertz CT molecular complexity index is 1750. The van der Waals surface area contributed by atoms with Crippen molar-refractivity contribution in [1.29, 1.82) is 0 Å². The second-order valence-electron chi connectivity index (χ2n) is 9.29. The molecule has 3 heteroatoms. The Morgan fingerprint density at radius 3 is 1.69 bits per heavy atom. The van der Waals surface area contributed by atoms with E-state index in [9.17, 15) is 0 Å². The summed E-state index contributed by atoms with van der Waals surface area (Å²) < 4.78 is 13.0. The van der Waals surface area contributed by atoms with Gasteiger partial charge in [0, 0.05) is 5.46 Å². The lowest BCUT2D eigenvalue weighted by Gasteiger charge is -2.33. The van der Waals surface area contributed by atoms with Crippen LogP contribution in [0.2, 0.25) is 0 Å². The summed E-state index contributed by atoms with van der Waals surface area (Å²) >= 11 is 0. The lowest BCUT2D eigenvalue weighted by Crippen LogP contribution is -2.57. The van der Waals surface area contributed by atoms with Gasteiger partial charge in [0.15, 0.2) is 0 Å². The smallest absolute Gasteiger partial charge is 0.260 e. The lowest BCUT2D eigenvalue weighted by molar-refractivity contribution is 0.465. The second-order valence-corrected chi connectivity index (χ2v) is 9.29. The van der Waals surface area contributed by atoms with E-state index in [1.54, 1.807) is 0 Å². The highest BCUT2D eigenvalue weighted by molar-refractivity contribution is 6.98. The molecular weight excluding hydrogens is 427 g/mol. The monoisotopic (exact) mass is 446 g/mol. The van der Waals surface area contributed by atoms with Crippen molar-refractivity contribution < 1.29 is 9.47 Å². The number of ether oxygens (including phenoxy) is 2. The lowest BCUT2D eigenvalue weighted by atomic mass is 9.35. The topological polar surface area (TPSA) is 18.5 Å². The standard InChI is InChI=1S/C32H19BO2/c1-2-10-22-20(9-1)17-25(24-12-4-3-11-23(22)24)21-18-30-32-31(19-21)35-29-16-8-6-14-27(29)33(32)26-13-5-7-15-28(26)34-30/h1-19H. The highest BCUT2D eigenvalue weighted by Gasteiger charge is 2.40. The van der Waals surface area contributed by atoms with Crippen molar-refractivity contribution in [2.24, 2.45) is 0 Å². The van der Waals surface area contributed by atoms with Gasteiger partial charge in [-0.15, -0.1) is 0 Å². The molecule has 0 unspecified atom stereocenters. The number of benzene rings is 6. The van der Waals surface area contributed by atoms with Crippen molar-refractivity contribution in [2.75, 3.05) is 0 Å². The van der Waals surface area contributed by atoms with Crippen LogP contribution in [0.1, 0.15) is 0 Å². The molecule has 0 atom stereocenters. The van der Waals surface area contributed by atoms with E-state index in [1.807, 2.05) is 12.1 Å². The zero-order valence-corrected chi connectivity index (χ0v) is 18.9. The van der Waals surface area contributed by atoms with E-state index in [-0.39, 0.29) is 6.71 Å². The van der Waals surface area contributed by atoms with Crippen molar-refractivity contribution in [3.05, 3.63) is 115 Å². The number of rotatable bonds is 1. The molecule has 0 spiro atoms. The first-order valence-electron chi connectivity index (χ1n) is 12.0. The first-order valence-corrected chi connectivity index (χ1v) is 12.0. The van der Waals surface area contributed by atoms with Gasteiger partial charge >= 0.3 is 0 Å². The zero-order valence-electron chi connectivity index (χ0n) is 18.9. The Morgan fingerprint density at radius 1 is 0.457 bits per heavy atom. The van der Waals surface area contributed by atoms with Crippen LogP contribution in [0, 0.1) is 0 Å². The zero-order chi connectivity index (χ0) is 22.9. The molecule has 0 radical (unpaired) electrons. The van der Waals surface area contributed by atoms with E-state index in [0.29, 0.717) is 0 Å². The maximum Gasteiger partial charge on any atom is 0.260 e. The van der Waals surface area contributed by atoms with Crippen LogP contribution < -0.4 is 25.9 Å². The highest BCUT2D eigenvalue weighted by Crippen LogP contribution is 2.41. The highest BCUT2D eigenvalue weighted by atomic mass is 16.5.